The van der Waals surface area contributed by atoms with Gasteiger partial charge in [0.1, 0.15) is 6.61 Å². The maximum atomic E-state index is 4.78. The molecule has 2 nitrogen and oxygen atoms in total. The zero-order valence-corrected chi connectivity index (χ0v) is 6.42. The van der Waals surface area contributed by atoms with Gasteiger partial charge in [-0.3, -0.25) is 0 Å². The van der Waals surface area contributed by atoms with Gasteiger partial charge in [0.05, 0.1) is 0 Å². The van der Waals surface area contributed by atoms with Crippen LogP contribution in [0.25, 0.3) is 0 Å². The van der Waals surface area contributed by atoms with Crippen LogP contribution in [-0.2, 0) is 4.84 Å². The second kappa shape index (κ2) is 5.60. The van der Waals surface area contributed by atoms with Crippen LogP contribution in [0.5, 0.6) is 0 Å². The fourth-order valence-corrected chi connectivity index (χ4v) is 0.327. The van der Waals surface area contributed by atoms with Crippen molar-refractivity contribution in [2.24, 2.45) is 11.1 Å². The van der Waals surface area contributed by atoms with Crippen LogP contribution < -0.4 is 0 Å². The molecule has 0 aliphatic heterocycles. The molecule has 0 fully saturated rings. The smallest absolute Gasteiger partial charge is 0.114 e. The first-order chi connectivity index (χ1) is 4.31. The van der Waals surface area contributed by atoms with E-state index in [1.807, 2.05) is 13.1 Å². The lowest BCUT2D eigenvalue weighted by atomic mass is 10.1. The first kappa shape index (κ1) is 8.47. The monoisotopic (exact) mass is 129 g/mol. The van der Waals surface area contributed by atoms with E-state index in [1.54, 1.807) is 0 Å². The third-order valence-corrected chi connectivity index (χ3v) is 1.16. The molecule has 0 aromatic rings. The summed E-state index contributed by atoms with van der Waals surface area (Å²) in [5.74, 6) is 0.538. The summed E-state index contributed by atoms with van der Waals surface area (Å²) < 4.78 is 0. The van der Waals surface area contributed by atoms with E-state index in [9.17, 15) is 0 Å². The molecule has 0 bridgehead atoms. The average Bonchev–Trinajstić information content (AvgIpc) is 1.89. The van der Waals surface area contributed by atoms with Crippen molar-refractivity contribution in [3.8, 4) is 0 Å². The SMILES string of the molecule is CCON=CC(C)CC. The van der Waals surface area contributed by atoms with Crippen LogP contribution in [-0.4, -0.2) is 12.8 Å². The van der Waals surface area contributed by atoms with E-state index in [1.165, 1.54) is 0 Å². The van der Waals surface area contributed by atoms with E-state index in [0.717, 1.165) is 6.42 Å². The molecule has 1 atom stereocenters. The molecule has 1 unspecified atom stereocenters. The minimum atomic E-state index is 0.538. The molecule has 54 valence electrons. The summed E-state index contributed by atoms with van der Waals surface area (Å²) in [4.78, 5) is 4.78. The maximum Gasteiger partial charge on any atom is 0.114 e. The standard InChI is InChI=1S/C7H15NO/c1-4-7(3)6-8-9-5-2/h6-7H,4-5H2,1-3H3. The van der Waals surface area contributed by atoms with Crippen molar-refractivity contribution in [2.75, 3.05) is 6.61 Å². The highest BCUT2D eigenvalue weighted by atomic mass is 16.6. The Morgan fingerprint density at radius 2 is 2.22 bits per heavy atom. The Hall–Kier alpha value is -0.530. The van der Waals surface area contributed by atoms with Gasteiger partial charge in [-0.2, -0.15) is 0 Å². The van der Waals surface area contributed by atoms with Crippen molar-refractivity contribution in [1.82, 2.24) is 0 Å². The molecular weight excluding hydrogens is 114 g/mol. The lowest BCUT2D eigenvalue weighted by Crippen LogP contribution is -1.93. The largest absolute Gasteiger partial charge is 0.396 e. The summed E-state index contributed by atoms with van der Waals surface area (Å²) in [6, 6.07) is 0. The molecule has 0 N–H and O–H groups in total. The number of hydrogen-bond acceptors (Lipinski definition) is 2. The third kappa shape index (κ3) is 5.34. The second-order valence-corrected chi connectivity index (χ2v) is 2.06. The quantitative estimate of drug-likeness (QED) is 0.420. The number of nitrogens with zero attached hydrogens (tertiary/aromatic N) is 1. The van der Waals surface area contributed by atoms with Gasteiger partial charge < -0.3 is 4.84 Å². The van der Waals surface area contributed by atoms with Gasteiger partial charge in [-0.1, -0.05) is 19.0 Å². The van der Waals surface area contributed by atoms with E-state index in [0.29, 0.717) is 12.5 Å². The molecule has 0 saturated heterocycles. The zero-order valence-electron chi connectivity index (χ0n) is 6.42. The molecule has 0 spiro atoms. The van der Waals surface area contributed by atoms with Crippen LogP contribution in [0.15, 0.2) is 5.16 Å². The zero-order chi connectivity index (χ0) is 7.11. The third-order valence-electron chi connectivity index (χ3n) is 1.16. The molecule has 0 aliphatic carbocycles. The van der Waals surface area contributed by atoms with E-state index >= 15 is 0 Å². The maximum absolute atomic E-state index is 4.78. The Labute approximate surface area is 56.9 Å². The van der Waals surface area contributed by atoms with Gasteiger partial charge in [0.15, 0.2) is 0 Å². The summed E-state index contributed by atoms with van der Waals surface area (Å²) in [6.45, 7) is 6.83. The lowest BCUT2D eigenvalue weighted by Gasteiger charge is -1.97. The van der Waals surface area contributed by atoms with Gasteiger partial charge in [-0.05, 0) is 19.3 Å². The molecule has 0 aliphatic rings. The Balaban J connectivity index is 3.20. The van der Waals surface area contributed by atoms with E-state index in [-0.39, 0.29) is 0 Å². The summed E-state index contributed by atoms with van der Waals surface area (Å²) in [7, 11) is 0. The van der Waals surface area contributed by atoms with Gasteiger partial charge in [-0.25, -0.2) is 0 Å². The minimum absolute atomic E-state index is 0.538. The Kier molecular flexibility index (Phi) is 5.27. The van der Waals surface area contributed by atoms with Gasteiger partial charge in [0.25, 0.3) is 0 Å². The molecule has 9 heavy (non-hydrogen) atoms. The number of hydrogen-bond donors (Lipinski definition) is 0. The number of oxime groups is 1. The molecular formula is C7H15NO. The van der Waals surface area contributed by atoms with Crippen molar-refractivity contribution in [2.45, 2.75) is 27.2 Å². The van der Waals surface area contributed by atoms with Gasteiger partial charge in [0, 0.05) is 6.21 Å². The molecule has 0 aromatic carbocycles. The highest BCUT2D eigenvalue weighted by Crippen LogP contribution is 1.94. The molecule has 0 saturated carbocycles. The lowest BCUT2D eigenvalue weighted by molar-refractivity contribution is 0.159. The van der Waals surface area contributed by atoms with Gasteiger partial charge >= 0.3 is 0 Å². The molecule has 0 aromatic heterocycles. The minimum Gasteiger partial charge on any atom is -0.396 e. The first-order valence-corrected chi connectivity index (χ1v) is 3.46. The predicted octanol–water partition coefficient (Wildman–Crippen LogP) is 2.05. The fourth-order valence-electron chi connectivity index (χ4n) is 0.327. The van der Waals surface area contributed by atoms with Crippen molar-refractivity contribution >= 4 is 6.21 Å². The molecule has 2 heteroatoms. The Bertz CT molecular complexity index is 81.0. The van der Waals surface area contributed by atoms with E-state index in [2.05, 4.69) is 19.0 Å². The summed E-state index contributed by atoms with van der Waals surface area (Å²) in [5, 5.41) is 3.74. The van der Waals surface area contributed by atoms with Crippen LogP contribution in [0.2, 0.25) is 0 Å². The highest BCUT2D eigenvalue weighted by Gasteiger charge is 1.89. The molecule has 0 rings (SSSR count). The summed E-state index contributed by atoms with van der Waals surface area (Å²) in [6.07, 6.45) is 2.96. The Morgan fingerprint density at radius 1 is 1.56 bits per heavy atom. The van der Waals surface area contributed by atoms with Crippen molar-refractivity contribution in [3.63, 3.8) is 0 Å². The average molecular weight is 129 g/mol. The predicted molar refractivity (Wildman–Crippen MR) is 39.6 cm³/mol. The Morgan fingerprint density at radius 3 is 2.67 bits per heavy atom. The van der Waals surface area contributed by atoms with Crippen molar-refractivity contribution in [3.05, 3.63) is 0 Å². The fraction of sp³-hybridized carbons (Fsp3) is 0.857. The molecule has 0 amide bonds. The van der Waals surface area contributed by atoms with E-state index in [4.69, 9.17) is 4.84 Å². The van der Waals surface area contributed by atoms with Crippen LogP contribution in [0, 0.1) is 5.92 Å². The summed E-state index contributed by atoms with van der Waals surface area (Å²) in [5.41, 5.74) is 0. The highest BCUT2D eigenvalue weighted by molar-refractivity contribution is 5.59. The molecule has 0 heterocycles. The van der Waals surface area contributed by atoms with Crippen LogP contribution in [0.3, 0.4) is 0 Å². The first-order valence-electron chi connectivity index (χ1n) is 3.46. The van der Waals surface area contributed by atoms with Crippen LogP contribution in [0.4, 0.5) is 0 Å². The summed E-state index contributed by atoms with van der Waals surface area (Å²) >= 11 is 0. The van der Waals surface area contributed by atoms with E-state index < -0.39 is 0 Å². The van der Waals surface area contributed by atoms with Crippen LogP contribution >= 0.6 is 0 Å². The second-order valence-electron chi connectivity index (χ2n) is 2.06. The topological polar surface area (TPSA) is 21.6 Å². The normalized spacial score (nSPS) is 14.1. The number of rotatable bonds is 4. The van der Waals surface area contributed by atoms with Crippen molar-refractivity contribution < 1.29 is 4.84 Å². The van der Waals surface area contributed by atoms with Gasteiger partial charge in [-0.15, -0.1) is 0 Å². The van der Waals surface area contributed by atoms with Crippen LogP contribution in [0.1, 0.15) is 27.2 Å². The molecule has 0 radical (unpaired) electrons. The van der Waals surface area contributed by atoms with Crippen molar-refractivity contribution in [1.29, 1.82) is 0 Å². The van der Waals surface area contributed by atoms with Gasteiger partial charge in [0.2, 0.25) is 0 Å².